The first-order chi connectivity index (χ1) is 6.99. The molecule has 4 heteroatoms. The van der Waals surface area contributed by atoms with Gasteiger partial charge in [0.1, 0.15) is 0 Å². The molecule has 2 unspecified atom stereocenters. The zero-order chi connectivity index (χ0) is 11.4. The van der Waals surface area contributed by atoms with Crippen molar-refractivity contribution in [2.24, 2.45) is 5.92 Å². The maximum absolute atomic E-state index is 10.7. The van der Waals surface area contributed by atoms with Crippen LogP contribution in [0.2, 0.25) is 0 Å². The van der Waals surface area contributed by atoms with Gasteiger partial charge in [-0.2, -0.15) is 0 Å². The van der Waals surface area contributed by atoms with Gasteiger partial charge in [0.25, 0.3) is 0 Å². The fourth-order valence-corrected chi connectivity index (χ4v) is 1.58. The first kappa shape index (κ1) is 12.2. The van der Waals surface area contributed by atoms with E-state index in [1.165, 1.54) is 6.08 Å². The molecule has 0 saturated carbocycles. The standard InChI is InChI=1S/C11H18O4/c1-7(2)6-15-10-4-8(11(13)14)3-9(12)5-10/h3,7,9-10,12H,4-6H2,1-2H3,(H,13,14). The van der Waals surface area contributed by atoms with Crippen LogP contribution < -0.4 is 0 Å². The van der Waals surface area contributed by atoms with Gasteiger partial charge in [0, 0.05) is 25.0 Å². The number of rotatable bonds is 4. The summed E-state index contributed by atoms with van der Waals surface area (Å²) < 4.78 is 5.53. The van der Waals surface area contributed by atoms with Gasteiger partial charge < -0.3 is 14.9 Å². The molecular formula is C11H18O4. The van der Waals surface area contributed by atoms with E-state index in [0.717, 1.165) is 0 Å². The van der Waals surface area contributed by atoms with Crippen molar-refractivity contribution < 1.29 is 19.7 Å². The highest BCUT2D eigenvalue weighted by Crippen LogP contribution is 2.22. The van der Waals surface area contributed by atoms with Gasteiger partial charge in [-0.25, -0.2) is 4.79 Å². The molecule has 0 radical (unpaired) electrons. The van der Waals surface area contributed by atoms with E-state index in [0.29, 0.717) is 25.4 Å². The first-order valence-electron chi connectivity index (χ1n) is 5.22. The third-order valence-electron chi connectivity index (χ3n) is 2.29. The summed E-state index contributed by atoms with van der Waals surface area (Å²) in [4.78, 5) is 10.7. The monoisotopic (exact) mass is 214 g/mol. The minimum atomic E-state index is -0.966. The van der Waals surface area contributed by atoms with Crippen LogP contribution in [-0.4, -0.2) is 35.0 Å². The van der Waals surface area contributed by atoms with Crippen LogP contribution in [0.1, 0.15) is 26.7 Å². The summed E-state index contributed by atoms with van der Waals surface area (Å²) in [5.74, 6) is -0.548. The van der Waals surface area contributed by atoms with Crippen LogP contribution in [0.3, 0.4) is 0 Å². The highest BCUT2D eigenvalue weighted by molar-refractivity contribution is 5.86. The number of hydrogen-bond donors (Lipinski definition) is 2. The Balaban J connectivity index is 2.50. The predicted molar refractivity (Wildman–Crippen MR) is 55.5 cm³/mol. The van der Waals surface area contributed by atoms with Gasteiger partial charge >= 0.3 is 5.97 Å². The minimum Gasteiger partial charge on any atom is -0.478 e. The number of carboxylic acid groups (broad SMARTS) is 1. The van der Waals surface area contributed by atoms with Crippen molar-refractivity contribution >= 4 is 5.97 Å². The van der Waals surface area contributed by atoms with Gasteiger partial charge in [-0.05, 0) is 12.0 Å². The van der Waals surface area contributed by atoms with E-state index in [9.17, 15) is 9.90 Å². The van der Waals surface area contributed by atoms with E-state index in [1.54, 1.807) is 0 Å². The van der Waals surface area contributed by atoms with Crippen molar-refractivity contribution in [3.63, 3.8) is 0 Å². The molecule has 1 rings (SSSR count). The SMILES string of the molecule is CC(C)COC1CC(C(=O)O)=CC(O)C1. The number of aliphatic hydroxyl groups is 1. The van der Waals surface area contributed by atoms with Crippen LogP contribution in [0.4, 0.5) is 0 Å². The summed E-state index contributed by atoms with van der Waals surface area (Å²) in [5.41, 5.74) is 0.252. The molecule has 1 aliphatic rings. The Morgan fingerprint density at radius 1 is 1.67 bits per heavy atom. The Morgan fingerprint density at radius 2 is 2.33 bits per heavy atom. The second-order valence-corrected chi connectivity index (χ2v) is 4.35. The summed E-state index contributed by atoms with van der Waals surface area (Å²) in [6.07, 6.45) is 1.42. The third-order valence-corrected chi connectivity index (χ3v) is 2.29. The zero-order valence-electron chi connectivity index (χ0n) is 9.14. The summed E-state index contributed by atoms with van der Waals surface area (Å²) >= 11 is 0. The topological polar surface area (TPSA) is 66.8 Å². The van der Waals surface area contributed by atoms with Crippen molar-refractivity contribution in [3.8, 4) is 0 Å². The average Bonchev–Trinajstić information content (AvgIpc) is 2.13. The smallest absolute Gasteiger partial charge is 0.331 e. The number of carboxylic acids is 1. The second-order valence-electron chi connectivity index (χ2n) is 4.35. The molecule has 0 saturated heterocycles. The molecule has 0 aromatic rings. The van der Waals surface area contributed by atoms with Crippen LogP contribution in [0, 0.1) is 5.92 Å². The molecule has 0 heterocycles. The average molecular weight is 214 g/mol. The molecule has 0 aromatic carbocycles. The number of ether oxygens (including phenoxy) is 1. The van der Waals surface area contributed by atoms with Crippen molar-refractivity contribution in [2.45, 2.75) is 38.9 Å². The fourth-order valence-electron chi connectivity index (χ4n) is 1.58. The zero-order valence-corrected chi connectivity index (χ0v) is 9.14. The van der Waals surface area contributed by atoms with Crippen molar-refractivity contribution in [3.05, 3.63) is 11.6 Å². The lowest BCUT2D eigenvalue weighted by Gasteiger charge is -2.25. The Kier molecular flexibility index (Phi) is 4.29. The van der Waals surface area contributed by atoms with E-state index in [2.05, 4.69) is 0 Å². The Labute approximate surface area is 89.6 Å². The van der Waals surface area contributed by atoms with Crippen molar-refractivity contribution in [1.29, 1.82) is 0 Å². The Bertz CT molecular complexity index is 257. The molecule has 86 valence electrons. The van der Waals surface area contributed by atoms with Crippen LogP contribution in [0.25, 0.3) is 0 Å². The number of carbonyl (C=O) groups is 1. The second kappa shape index (κ2) is 5.28. The molecular weight excluding hydrogens is 196 g/mol. The van der Waals surface area contributed by atoms with Gasteiger partial charge in [0.2, 0.25) is 0 Å². The molecule has 0 aromatic heterocycles. The molecule has 15 heavy (non-hydrogen) atoms. The summed E-state index contributed by atoms with van der Waals surface area (Å²) in [6.45, 7) is 4.67. The highest BCUT2D eigenvalue weighted by atomic mass is 16.5. The van der Waals surface area contributed by atoms with E-state index < -0.39 is 12.1 Å². The molecule has 0 amide bonds. The van der Waals surface area contributed by atoms with Crippen LogP contribution in [0.15, 0.2) is 11.6 Å². The van der Waals surface area contributed by atoms with Gasteiger partial charge in [0.05, 0.1) is 12.2 Å². The summed E-state index contributed by atoms with van der Waals surface area (Å²) in [5, 5.41) is 18.3. The Morgan fingerprint density at radius 3 is 2.87 bits per heavy atom. The fraction of sp³-hybridized carbons (Fsp3) is 0.727. The molecule has 0 aliphatic heterocycles. The van der Waals surface area contributed by atoms with Gasteiger partial charge in [-0.15, -0.1) is 0 Å². The van der Waals surface area contributed by atoms with E-state index in [-0.39, 0.29) is 11.7 Å². The molecule has 4 nitrogen and oxygen atoms in total. The lowest BCUT2D eigenvalue weighted by molar-refractivity contribution is -0.133. The van der Waals surface area contributed by atoms with Gasteiger partial charge in [0.15, 0.2) is 0 Å². The molecule has 0 bridgehead atoms. The molecule has 0 fully saturated rings. The number of aliphatic carboxylic acids is 1. The summed E-state index contributed by atoms with van der Waals surface area (Å²) in [6, 6.07) is 0. The van der Waals surface area contributed by atoms with Gasteiger partial charge in [-0.3, -0.25) is 0 Å². The van der Waals surface area contributed by atoms with Crippen LogP contribution in [-0.2, 0) is 9.53 Å². The van der Waals surface area contributed by atoms with E-state index in [1.807, 2.05) is 13.8 Å². The van der Waals surface area contributed by atoms with E-state index >= 15 is 0 Å². The quantitative estimate of drug-likeness (QED) is 0.737. The van der Waals surface area contributed by atoms with Crippen molar-refractivity contribution in [1.82, 2.24) is 0 Å². The van der Waals surface area contributed by atoms with Gasteiger partial charge in [-0.1, -0.05) is 13.8 Å². The van der Waals surface area contributed by atoms with Crippen LogP contribution in [0.5, 0.6) is 0 Å². The highest BCUT2D eigenvalue weighted by Gasteiger charge is 2.25. The maximum atomic E-state index is 10.7. The Hall–Kier alpha value is -0.870. The number of hydrogen-bond acceptors (Lipinski definition) is 3. The molecule has 2 atom stereocenters. The lowest BCUT2D eigenvalue weighted by Crippen LogP contribution is -2.28. The molecule has 0 spiro atoms. The molecule has 1 aliphatic carbocycles. The van der Waals surface area contributed by atoms with Crippen LogP contribution >= 0.6 is 0 Å². The minimum absolute atomic E-state index is 0.168. The largest absolute Gasteiger partial charge is 0.478 e. The summed E-state index contributed by atoms with van der Waals surface area (Å²) in [7, 11) is 0. The first-order valence-corrected chi connectivity index (χ1v) is 5.22. The van der Waals surface area contributed by atoms with Crippen molar-refractivity contribution in [2.75, 3.05) is 6.61 Å². The lowest BCUT2D eigenvalue weighted by atomic mass is 9.95. The molecule has 2 N–H and O–H groups in total. The van der Waals surface area contributed by atoms with E-state index in [4.69, 9.17) is 9.84 Å². The number of aliphatic hydroxyl groups excluding tert-OH is 1. The maximum Gasteiger partial charge on any atom is 0.331 e. The normalized spacial score (nSPS) is 26.5. The predicted octanol–water partition coefficient (Wildman–Crippen LogP) is 1.19. The third kappa shape index (κ3) is 4.01.